The molecule has 0 aliphatic rings. The van der Waals surface area contributed by atoms with E-state index < -0.39 is 18.9 Å². The highest BCUT2D eigenvalue weighted by Crippen LogP contribution is 2.30. The van der Waals surface area contributed by atoms with E-state index in [2.05, 4.69) is 4.98 Å². The number of hydrogen-bond acceptors (Lipinski definition) is 3. The number of benzene rings is 1. The van der Waals surface area contributed by atoms with Crippen LogP contribution >= 0.6 is 0 Å². The Kier molecular flexibility index (Phi) is 3.59. The van der Waals surface area contributed by atoms with E-state index in [0.29, 0.717) is 11.3 Å². The number of rotatable bonds is 2. The van der Waals surface area contributed by atoms with E-state index in [4.69, 9.17) is 10.0 Å². The monoisotopic (exact) mass is 267 g/mol. The Morgan fingerprint density at radius 3 is 2.00 bits per heavy atom. The average molecular weight is 267 g/mol. The zero-order valence-electron chi connectivity index (χ0n) is 9.59. The average Bonchev–Trinajstić information content (AvgIpc) is 2.38. The van der Waals surface area contributed by atoms with Crippen molar-refractivity contribution in [2.45, 2.75) is 6.18 Å². The molecule has 0 aliphatic carbocycles. The molecule has 2 N–H and O–H groups in total. The molecule has 0 bridgehead atoms. The van der Waals surface area contributed by atoms with Gasteiger partial charge in [0.25, 0.3) is 0 Å². The van der Waals surface area contributed by atoms with Crippen molar-refractivity contribution in [3.63, 3.8) is 0 Å². The summed E-state index contributed by atoms with van der Waals surface area (Å²) < 4.78 is 37.2. The number of aromatic nitrogens is 1. The molecule has 0 saturated carbocycles. The number of pyridine rings is 1. The Hall–Kier alpha value is -1.86. The van der Waals surface area contributed by atoms with Crippen LogP contribution in [-0.2, 0) is 6.18 Å². The van der Waals surface area contributed by atoms with Crippen molar-refractivity contribution in [1.29, 1.82) is 0 Å². The minimum Gasteiger partial charge on any atom is -0.423 e. The molecule has 7 heteroatoms. The van der Waals surface area contributed by atoms with Crippen LogP contribution in [0.1, 0.15) is 5.56 Å². The minimum absolute atomic E-state index is 0.218. The molecule has 98 valence electrons. The van der Waals surface area contributed by atoms with Gasteiger partial charge >= 0.3 is 13.3 Å². The third-order valence-corrected chi connectivity index (χ3v) is 2.59. The van der Waals surface area contributed by atoms with Gasteiger partial charge in [-0.2, -0.15) is 13.2 Å². The van der Waals surface area contributed by atoms with Crippen LogP contribution in [0.5, 0.6) is 0 Å². The summed E-state index contributed by atoms with van der Waals surface area (Å²) in [6.45, 7) is 0. The van der Waals surface area contributed by atoms with Crippen molar-refractivity contribution in [2.24, 2.45) is 0 Å². The zero-order chi connectivity index (χ0) is 14.0. The van der Waals surface area contributed by atoms with E-state index in [0.717, 1.165) is 12.1 Å². The lowest BCUT2D eigenvalue weighted by Crippen LogP contribution is -2.29. The van der Waals surface area contributed by atoms with Crippen LogP contribution in [0.3, 0.4) is 0 Å². The Morgan fingerprint density at radius 1 is 0.947 bits per heavy atom. The van der Waals surface area contributed by atoms with Gasteiger partial charge < -0.3 is 10.0 Å². The predicted molar refractivity (Wildman–Crippen MR) is 64.5 cm³/mol. The van der Waals surface area contributed by atoms with Crippen molar-refractivity contribution in [1.82, 2.24) is 4.98 Å². The first-order valence-corrected chi connectivity index (χ1v) is 5.37. The van der Waals surface area contributed by atoms with Gasteiger partial charge in [0.15, 0.2) is 0 Å². The second kappa shape index (κ2) is 5.03. The maximum Gasteiger partial charge on any atom is 0.490 e. The van der Waals surface area contributed by atoms with Crippen LogP contribution in [0.4, 0.5) is 13.2 Å². The standard InChI is InChI=1S/C12H9BF3NO2/c14-12(15,16)9-3-1-8(2-4-9)11-6-5-10(7-17-11)13(18)19/h1-7,18-19H. The van der Waals surface area contributed by atoms with Gasteiger partial charge in [0.2, 0.25) is 0 Å². The molecule has 3 nitrogen and oxygen atoms in total. The number of nitrogens with zero attached hydrogens (tertiary/aromatic N) is 1. The first-order valence-electron chi connectivity index (χ1n) is 5.37. The quantitative estimate of drug-likeness (QED) is 0.809. The highest BCUT2D eigenvalue weighted by atomic mass is 19.4. The number of alkyl halides is 3. The van der Waals surface area contributed by atoms with Crippen LogP contribution in [0.2, 0.25) is 0 Å². The van der Waals surface area contributed by atoms with Gasteiger partial charge in [0.1, 0.15) is 0 Å². The molecule has 1 aromatic carbocycles. The second-order valence-electron chi connectivity index (χ2n) is 3.93. The molecule has 1 aromatic heterocycles. The molecule has 0 spiro atoms. The normalized spacial score (nSPS) is 11.4. The Morgan fingerprint density at radius 2 is 1.58 bits per heavy atom. The van der Waals surface area contributed by atoms with Crippen LogP contribution < -0.4 is 5.46 Å². The molecular formula is C12H9BF3NO2. The van der Waals surface area contributed by atoms with Crippen LogP contribution in [-0.4, -0.2) is 22.2 Å². The SMILES string of the molecule is OB(O)c1ccc(-c2ccc(C(F)(F)F)cc2)nc1. The van der Waals surface area contributed by atoms with Crippen molar-refractivity contribution in [3.8, 4) is 11.3 Å². The van der Waals surface area contributed by atoms with Gasteiger partial charge in [-0.05, 0) is 18.2 Å². The van der Waals surface area contributed by atoms with E-state index in [1.165, 1.54) is 30.5 Å². The highest BCUT2D eigenvalue weighted by Gasteiger charge is 2.29. The van der Waals surface area contributed by atoms with E-state index in [1.54, 1.807) is 0 Å². The summed E-state index contributed by atoms with van der Waals surface area (Å²) in [7, 11) is -1.62. The number of halogens is 3. The summed E-state index contributed by atoms with van der Waals surface area (Å²) in [6.07, 6.45) is -3.10. The molecule has 0 radical (unpaired) electrons. The molecule has 19 heavy (non-hydrogen) atoms. The number of hydrogen-bond donors (Lipinski definition) is 2. The van der Waals surface area contributed by atoms with Gasteiger partial charge in [-0.15, -0.1) is 0 Å². The fraction of sp³-hybridized carbons (Fsp3) is 0.0833. The maximum absolute atomic E-state index is 12.4. The maximum atomic E-state index is 12.4. The summed E-state index contributed by atoms with van der Waals surface area (Å²) in [4.78, 5) is 3.96. The van der Waals surface area contributed by atoms with Crippen molar-refractivity contribution in [2.75, 3.05) is 0 Å². The zero-order valence-corrected chi connectivity index (χ0v) is 9.59. The van der Waals surface area contributed by atoms with Crippen LogP contribution in [0, 0.1) is 0 Å². The largest absolute Gasteiger partial charge is 0.490 e. The lowest BCUT2D eigenvalue weighted by atomic mass is 9.81. The van der Waals surface area contributed by atoms with E-state index in [1.807, 2.05) is 0 Å². The Labute approximate surface area is 107 Å². The van der Waals surface area contributed by atoms with Crippen molar-refractivity contribution >= 4 is 12.6 Å². The van der Waals surface area contributed by atoms with Gasteiger partial charge in [-0.1, -0.05) is 18.2 Å². The van der Waals surface area contributed by atoms with Crippen molar-refractivity contribution < 1.29 is 23.2 Å². The lowest BCUT2D eigenvalue weighted by Gasteiger charge is -2.07. The molecule has 0 fully saturated rings. The fourth-order valence-corrected chi connectivity index (χ4v) is 1.56. The topological polar surface area (TPSA) is 53.4 Å². The summed E-state index contributed by atoms with van der Waals surface area (Å²) in [5.74, 6) is 0. The molecule has 0 saturated heterocycles. The Balaban J connectivity index is 2.27. The summed E-state index contributed by atoms with van der Waals surface area (Å²) in [5.41, 5.74) is 0.472. The molecule has 0 amide bonds. The first-order chi connectivity index (χ1) is 8.88. The van der Waals surface area contributed by atoms with E-state index in [9.17, 15) is 13.2 Å². The minimum atomic E-state index is -4.36. The molecular weight excluding hydrogens is 258 g/mol. The van der Waals surface area contributed by atoms with E-state index in [-0.39, 0.29) is 5.46 Å². The highest BCUT2D eigenvalue weighted by molar-refractivity contribution is 6.58. The smallest absolute Gasteiger partial charge is 0.423 e. The van der Waals surface area contributed by atoms with E-state index >= 15 is 0 Å². The summed E-state index contributed by atoms with van der Waals surface area (Å²) >= 11 is 0. The molecule has 0 unspecified atom stereocenters. The van der Waals surface area contributed by atoms with Gasteiger partial charge in [-0.25, -0.2) is 0 Å². The van der Waals surface area contributed by atoms with Crippen LogP contribution in [0.25, 0.3) is 11.3 Å². The Bertz CT molecular complexity index is 553. The van der Waals surface area contributed by atoms with Gasteiger partial charge in [-0.3, -0.25) is 4.98 Å². The fourth-order valence-electron chi connectivity index (χ4n) is 1.56. The van der Waals surface area contributed by atoms with Gasteiger partial charge in [0, 0.05) is 17.2 Å². The summed E-state index contributed by atoms with van der Waals surface area (Å²) in [6, 6.07) is 7.56. The molecule has 0 aliphatic heterocycles. The molecule has 2 aromatic rings. The van der Waals surface area contributed by atoms with Crippen LogP contribution in [0.15, 0.2) is 42.6 Å². The van der Waals surface area contributed by atoms with Crippen molar-refractivity contribution in [3.05, 3.63) is 48.2 Å². The molecule has 1 heterocycles. The third-order valence-electron chi connectivity index (χ3n) is 2.59. The first kappa shape index (κ1) is 13.6. The lowest BCUT2D eigenvalue weighted by molar-refractivity contribution is -0.137. The molecule has 0 atom stereocenters. The molecule has 2 rings (SSSR count). The second-order valence-corrected chi connectivity index (χ2v) is 3.93. The summed E-state index contributed by atoms with van der Waals surface area (Å²) in [5, 5.41) is 17.8. The predicted octanol–water partition coefficient (Wildman–Crippen LogP) is 1.45. The third kappa shape index (κ3) is 3.13. The van der Waals surface area contributed by atoms with Gasteiger partial charge in [0.05, 0.1) is 11.3 Å².